The van der Waals surface area contributed by atoms with Crippen molar-refractivity contribution in [1.82, 2.24) is 10.9 Å². The lowest BCUT2D eigenvalue weighted by Crippen LogP contribution is -2.45. The minimum atomic E-state index is -0.673. The van der Waals surface area contributed by atoms with Gasteiger partial charge < -0.3 is 9.47 Å². The Balaban J connectivity index is 1.77. The zero-order valence-electron chi connectivity index (χ0n) is 14.9. The zero-order chi connectivity index (χ0) is 19.8. The third-order valence-corrected chi connectivity index (χ3v) is 3.52. The summed E-state index contributed by atoms with van der Waals surface area (Å²) in [5, 5.41) is 10.9. The summed E-state index contributed by atoms with van der Waals surface area (Å²) < 4.78 is 10.6. The molecule has 2 amide bonds. The van der Waals surface area contributed by atoms with Gasteiger partial charge >= 0.3 is 5.69 Å². The first-order valence-corrected chi connectivity index (χ1v) is 8.01. The molecule has 2 aromatic carbocycles. The van der Waals surface area contributed by atoms with E-state index >= 15 is 0 Å². The number of benzene rings is 2. The van der Waals surface area contributed by atoms with Crippen molar-refractivity contribution in [1.29, 1.82) is 0 Å². The van der Waals surface area contributed by atoms with Crippen LogP contribution >= 0.6 is 0 Å². The summed E-state index contributed by atoms with van der Waals surface area (Å²) in [5.74, 6) is -0.661. The molecule has 0 bridgehead atoms. The summed E-state index contributed by atoms with van der Waals surface area (Å²) in [4.78, 5) is 33.8. The van der Waals surface area contributed by atoms with Crippen LogP contribution in [0.4, 0.5) is 5.69 Å². The number of nitro groups is 1. The van der Waals surface area contributed by atoms with Gasteiger partial charge in [0.15, 0.2) is 19.0 Å². The van der Waals surface area contributed by atoms with E-state index in [2.05, 4.69) is 10.9 Å². The highest BCUT2D eigenvalue weighted by Gasteiger charge is 2.15. The Morgan fingerprint density at radius 2 is 1.48 bits per heavy atom. The topological polar surface area (TPSA) is 120 Å². The predicted molar refractivity (Wildman–Crippen MR) is 96.3 cm³/mol. The second kappa shape index (κ2) is 9.18. The van der Waals surface area contributed by atoms with E-state index in [1.54, 1.807) is 6.07 Å². The number of aryl methyl sites for hydroxylation is 2. The second-order valence-corrected chi connectivity index (χ2v) is 5.62. The fourth-order valence-corrected chi connectivity index (χ4v) is 2.25. The number of carbonyl (C=O) groups excluding carboxylic acids is 2. The lowest BCUT2D eigenvalue weighted by molar-refractivity contribution is -0.385. The van der Waals surface area contributed by atoms with Crippen LogP contribution in [0.5, 0.6) is 11.5 Å². The molecule has 2 aromatic rings. The molecular formula is C18H19N3O6. The van der Waals surface area contributed by atoms with Crippen molar-refractivity contribution >= 4 is 17.5 Å². The number of amides is 2. The van der Waals surface area contributed by atoms with E-state index < -0.39 is 23.3 Å². The molecule has 0 saturated heterocycles. The van der Waals surface area contributed by atoms with Crippen molar-refractivity contribution in [3.8, 4) is 11.5 Å². The number of nitro benzene ring substituents is 1. The normalized spacial score (nSPS) is 10.0. The fourth-order valence-electron chi connectivity index (χ4n) is 2.25. The van der Waals surface area contributed by atoms with Crippen molar-refractivity contribution < 1.29 is 24.0 Å². The van der Waals surface area contributed by atoms with Crippen LogP contribution < -0.4 is 20.3 Å². The predicted octanol–water partition coefficient (Wildman–Crippen LogP) is 1.82. The van der Waals surface area contributed by atoms with Crippen LogP contribution in [0, 0.1) is 24.0 Å². The second-order valence-electron chi connectivity index (χ2n) is 5.62. The monoisotopic (exact) mass is 373 g/mol. The molecule has 2 N–H and O–H groups in total. The van der Waals surface area contributed by atoms with E-state index in [-0.39, 0.29) is 18.0 Å². The van der Waals surface area contributed by atoms with Crippen LogP contribution in [0.25, 0.3) is 0 Å². The lowest BCUT2D eigenvalue weighted by atomic mass is 10.1. The van der Waals surface area contributed by atoms with Gasteiger partial charge in [0.1, 0.15) is 5.75 Å². The molecule has 2 rings (SSSR count). The van der Waals surface area contributed by atoms with Crippen molar-refractivity contribution in [3.63, 3.8) is 0 Å². The molecule has 0 fully saturated rings. The van der Waals surface area contributed by atoms with E-state index in [4.69, 9.17) is 9.47 Å². The van der Waals surface area contributed by atoms with Crippen molar-refractivity contribution in [2.24, 2.45) is 0 Å². The van der Waals surface area contributed by atoms with Crippen molar-refractivity contribution in [2.75, 3.05) is 13.2 Å². The van der Waals surface area contributed by atoms with Crippen molar-refractivity contribution in [2.45, 2.75) is 13.8 Å². The highest BCUT2D eigenvalue weighted by molar-refractivity contribution is 5.83. The molecule has 0 spiro atoms. The molecule has 0 aliphatic carbocycles. The molecule has 0 saturated carbocycles. The van der Waals surface area contributed by atoms with Gasteiger partial charge in [0.2, 0.25) is 0 Å². The van der Waals surface area contributed by atoms with Gasteiger partial charge in [-0.05, 0) is 31.0 Å². The molecule has 0 radical (unpaired) electrons. The SMILES string of the molecule is Cc1cccc(C)c1OCC(=O)NNC(=O)COc1ccccc1[N+](=O)[O-]. The first-order valence-electron chi connectivity index (χ1n) is 8.01. The summed E-state index contributed by atoms with van der Waals surface area (Å²) in [6.07, 6.45) is 0. The first-order chi connectivity index (χ1) is 12.9. The summed E-state index contributed by atoms with van der Waals surface area (Å²) in [7, 11) is 0. The van der Waals surface area contributed by atoms with Crippen LogP contribution in [0.3, 0.4) is 0 Å². The van der Waals surface area contributed by atoms with Crippen LogP contribution in [0.1, 0.15) is 11.1 Å². The minimum Gasteiger partial charge on any atom is -0.483 e. The Bertz CT molecular complexity index is 832. The highest BCUT2D eigenvalue weighted by Crippen LogP contribution is 2.25. The number of nitrogens with one attached hydrogen (secondary N) is 2. The minimum absolute atomic E-state index is 0.0395. The lowest BCUT2D eigenvalue weighted by Gasteiger charge is -2.12. The number of nitrogens with zero attached hydrogens (tertiary/aromatic N) is 1. The molecule has 142 valence electrons. The quantitative estimate of drug-likeness (QED) is 0.564. The number of hydrogen-bond acceptors (Lipinski definition) is 6. The first kappa shape index (κ1) is 19.7. The summed E-state index contributed by atoms with van der Waals surface area (Å²) >= 11 is 0. The number of hydrazine groups is 1. The Kier molecular flexibility index (Phi) is 6.70. The largest absolute Gasteiger partial charge is 0.483 e. The van der Waals surface area contributed by atoms with E-state index in [9.17, 15) is 19.7 Å². The molecular weight excluding hydrogens is 354 g/mol. The van der Waals surface area contributed by atoms with E-state index in [1.165, 1.54) is 18.2 Å². The third kappa shape index (κ3) is 5.70. The summed E-state index contributed by atoms with van der Waals surface area (Å²) in [5.41, 5.74) is 5.87. The van der Waals surface area contributed by atoms with Gasteiger partial charge in [0.05, 0.1) is 4.92 Å². The molecule has 0 heterocycles. The van der Waals surface area contributed by atoms with Gasteiger partial charge in [-0.2, -0.15) is 0 Å². The van der Waals surface area contributed by atoms with E-state index in [1.807, 2.05) is 32.0 Å². The molecule has 9 heteroatoms. The van der Waals surface area contributed by atoms with Gasteiger partial charge in [-0.3, -0.25) is 30.6 Å². The maximum absolute atomic E-state index is 11.8. The number of rotatable bonds is 7. The molecule has 0 unspecified atom stereocenters. The van der Waals surface area contributed by atoms with Gasteiger partial charge in [-0.1, -0.05) is 30.3 Å². The standard InChI is InChI=1S/C18H19N3O6/c1-12-6-5-7-13(2)18(12)27-11-17(23)20-19-16(22)10-26-15-9-4-3-8-14(15)21(24)25/h3-9H,10-11H2,1-2H3,(H,19,22)(H,20,23). The maximum Gasteiger partial charge on any atom is 0.310 e. The Morgan fingerprint density at radius 1 is 0.926 bits per heavy atom. The van der Waals surface area contributed by atoms with Gasteiger partial charge in [-0.25, -0.2) is 0 Å². The summed E-state index contributed by atoms with van der Waals surface area (Å²) in [6.45, 7) is 2.95. The van der Waals surface area contributed by atoms with Crippen LogP contribution in [-0.2, 0) is 9.59 Å². The number of hydrogen-bond donors (Lipinski definition) is 2. The number of ether oxygens (including phenoxy) is 2. The van der Waals surface area contributed by atoms with Crippen LogP contribution in [-0.4, -0.2) is 30.0 Å². The average Bonchev–Trinajstić information content (AvgIpc) is 2.64. The smallest absolute Gasteiger partial charge is 0.310 e. The number of carbonyl (C=O) groups is 2. The molecule has 27 heavy (non-hydrogen) atoms. The molecule has 0 aromatic heterocycles. The van der Waals surface area contributed by atoms with Crippen LogP contribution in [0.15, 0.2) is 42.5 Å². The van der Waals surface area contributed by atoms with Crippen LogP contribution in [0.2, 0.25) is 0 Å². The van der Waals surface area contributed by atoms with E-state index in [0.717, 1.165) is 11.1 Å². The molecule has 0 atom stereocenters. The van der Waals surface area contributed by atoms with Gasteiger partial charge in [0, 0.05) is 6.07 Å². The molecule has 0 aliphatic rings. The zero-order valence-corrected chi connectivity index (χ0v) is 14.9. The molecule has 9 nitrogen and oxygen atoms in total. The fraction of sp³-hybridized carbons (Fsp3) is 0.222. The Hall–Kier alpha value is -3.62. The third-order valence-electron chi connectivity index (χ3n) is 3.52. The van der Waals surface area contributed by atoms with E-state index in [0.29, 0.717) is 5.75 Å². The summed E-state index contributed by atoms with van der Waals surface area (Å²) in [6, 6.07) is 11.3. The maximum atomic E-state index is 11.8. The average molecular weight is 373 g/mol. The highest BCUT2D eigenvalue weighted by atomic mass is 16.6. The van der Waals surface area contributed by atoms with Crippen molar-refractivity contribution in [3.05, 3.63) is 63.7 Å². The number of para-hydroxylation sites is 3. The Morgan fingerprint density at radius 3 is 2.07 bits per heavy atom. The van der Waals surface area contributed by atoms with Gasteiger partial charge in [-0.15, -0.1) is 0 Å². The van der Waals surface area contributed by atoms with Gasteiger partial charge in [0.25, 0.3) is 11.8 Å². The Labute approximate surface area is 155 Å². The molecule has 0 aliphatic heterocycles.